The van der Waals surface area contributed by atoms with Crippen molar-refractivity contribution in [3.8, 4) is 0 Å². The van der Waals surface area contributed by atoms with Crippen LogP contribution in [0.4, 0.5) is 4.39 Å². The Morgan fingerprint density at radius 2 is 1.78 bits per heavy atom. The molecule has 7 heteroatoms. The standard InChI is InChI=1S/C16H23FN2O3S/c1-13(2)7-8-16(20)18-9-11-19(12-10-18)23(21,22)15-6-4-3-5-14(15)17/h3-6,13H,7-12H2,1-2H3. The third-order valence-electron chi connectivity index (χ3n) is 3.98. The molecule has 1 aliphatic rings. The molecule has 1 fully saturated rings. The number of nitrogens with zero attached hydrogens (tertiary/aromatic N) is 2. The minimum absolute atomic E-state index is 0.0571. The van der Waals surface area contributed by atoms with Gasteiger partial charge in [-0.1, -0.05) is 26.0 Å². The van der Waals surface area contributed by atoms with Gasteiger partial charge in [0.2, 0.25) is 15.9 Å². The molecular weight excluding hydrogens is 319 g/mol. The lowest BCUT2D eigenvalue weighted by atomic mass is 10.1. The van der Waals surface area contributed by atoms with Crippen LogP contribution < -0.4 is 0 Å². The third-order valence-corrected chi connectivity index (χ3v) is 5.91. The lowest BCUT2D eigenvalue weighted by molar-refractivity contribution is -0.132. The van der Waals surface area contributed by atoms with E-state index in [0.29, 0.717) is 25.4 Å². The number of hydrogen-bond acceptors (Lipinski definition) is 3. The van der Waals surface area contributed by atoms with Gasteiger partial charge in [-0.15, -0.1) is 0 Å². The third kappa shape index (κ3) is 4.29. The molecule has 0 unspecified atom stereocenters. The van der Waals surface area contributed by atoms with Crippen molar-refractivity contribution in [2.45, 2.75) is 31.6 Å². The van der Waals surface area contributed by atoms with Gasteiger partial charge >= 0.3 is 0 Å². The predicted octanol–water partition coefficient (Wildman–Crippen LogP) is 2.09. The molecule has 0 N–H and O–H groups in total. The highest BCUT2D eigenvalue weighted by Crippen LogP contribution is 2.20. The highest BCUT2D eigenvalue weighted by molar-refractivity contribution is 7.89. The van der Waals surface area contributed by atoms with Crippen LogP contribution in [0.5, 0.6) is 0 Å². The van der Waals surface area contributed by atoms with E-state index in [-0.39, 0.29) is 23.9 Å². The fourth-order valence-electron chi connectivity index (χ4n) is 2.54. The summed E-state index contributed by atoms with van der Waals surface area (Å²) in [6, 6.07) is 5.37. The SMILES string of the molecule is CC(C)CCC(=O)N1CCN(S(=O)(=O)c2ccccc2F)CC1. The number of halogens is 1. The van der Waals surface area contributed by atoms with Crippen LogP contribution in [0.2, 0.25) is 0 Å². The smallest absolute Gasteiger partial charge is 0.246 e. The molecule has 0 aliphatic carbocycles. The van der Waals surface area contributed by atoms with E-state index in [1.807, 2.05) is 0 Å². The maximum atomic E-state index is 13.8. The first kappa shape index (κ1) is 17.9. The van der Waals surface area contributed by atoms with Crippen LogP contribution in [0.1, 0.15) is 26.7 Å². The van der Waals surface area contributed by atoms with Crippen molar-refractivity contribution in [3.63, 3.8) is 0 Å². The Balaban J connectivity index is 1.99. The summed E-state index contributed by atoms with van der Waals surface area (Å²) < 4.78 is 40.0. The van der Waals surface area contributed by atoms with Gasteiger partial charge in [0.1, 0.15) is 10.7 Å². The van der Waals surface area contributed by atoms with Crippen molar-refractivity contribution in [2.75, 3.05) is 26.2 Å². The summed E-state index contributed by atoms with van der Waals surface area (Å²) in [5.41, 5.74) is 0. The molecule has 128 valence electrons. The molecule has 1 aromatic rings. The van der Waals surface area contributed by atoms with Gasteiger partial charge in [-0.05, 0) is 24.5 Å². The Labute approximate surface area is 137 Å². The molecule has 0 bridgehead atoms. The number of carbonyl (C=O) groups excluding carboxylic acids is 1. The van der Waals surface area contributed by atoms with Crippen LogP contribution in [0.25, 0.3) is 0 Å². The van der Waals surface area contributed by atoms with Crippen molar-refractivity contribution >= 4 is 15.9 Å². The van der Waals surface area contributed by atoms with Crippen LogP contribution in [0.15, 0.2) is 29.2 Å². The fourth-order valence-corrected chi connectivity index (χ4v) is 4.03. The predicted molar refractivity (Wildman–Crippen MR) is 85.8 cm³/mol. The zero-order valence-corrected chi connectivity index (χ0v) is 14.4. The second-order valence-electron chi connectivity index (χ2n) is 6.15. The number of rotatable bonds is 5. The highest BCUT2D eigenvalue weighted by Gasteiger charge is 2.31. The van der Waals surface area contributed by atoms with Crippen molar-refractivity contribution < 1.29 is 17.6 Å². The second kappa shape index (κ2) is 7.40. The Morgan fingerprint density at radius 3 is 2.35 bits per heavy atom. The quantitative estimate of drug-likeness (QED) is 0.823. The normalized spacial score (nSPS) is 16.8. The van der Waals surface area contributed by atoms with Gasteiger partial charge in [-0.3, -0.25) is 4.79 Å². The minimum Gasteiger partial charge on any atom is -0.340 e. The summed E-state index contributed by atoms with van der Waals surface area (Å²) in [5, 5.41) is 0. The Bertz CT molecular complexity index is 653. The number of hydrogen-bond donors (Lipinski definition) is 0. The van der Waals surface area contributed by atoms with E-state index in [0.717, 1.165) is 12.5 Å². The Hall–Kier alpha value is -1.47. The Morgan fingerprint density at radius 1 is 1.17 bits per heavy atom. The molecule has 0 radical (unpaired) electrons. The lowest BCUT2D eigenvalue weighted by Gasteiger charge is -2.34. The summed E-state index contributed by atoms with van der Waals surface area (Å²) in [6.07, 6.45) is 1.31. The summed E-state index contributed by atoms with van der Waals surface area (Å²) >= 11 is 0. The molecule has 1 amide bonds. The number of amides is 1. The largest absolute Gasteiger partial charge is 0.340 e. The number of piperazine rings is 1. The van der Waals surface area contributed by atoms with Crippen molar-refractivity contribution in [1.82, 2.24) is 9.21 Å². The summed E-state index contributed by atoms with van der Waals surface area (Å²) in [7, 11) is -3.85. The van der Waals surface area contributed by atoms with E-state index in [1.54, 1.807) is 4.90 Å². The van der Waals surface area contributed by atoms with E-state index in [9.17, 15) is 17.6 Å². The van der Waals surface area contributed by atoms with E-state index in [4.69, 9.17) is 0 Å². The zero-order chi connectivity index (χ0) is 17.0. The molecule has 2 rings (SSSR count). The van der Waals surface area contributed by atoms with Crippen LogP contribution in [-0.2, 0) is 14.8 Å². The first-order valence-electron chi connectivity index (χ1n) is 7.85. The molecule has 5 nitrogen and oxygen atoms in total. The molecule has 0 spiro atoms. The first-order chi connectivity index (χ1) is 10.8. The molecule has 0 saturated carbocycles. The monoisotopic (exact) mass is 342 g/mol. The second-order valence-corrected chi connectivity index (χ2v) is 8.05. The van der Waals surface area contributed by atoms with E-state index < -0.39 is 15.8 Å². The van der Waals surface area contributed by atoms with Crippen LogP contribution in [-0.4, -0.2) is 49.7 Å². The van der Waals surface area contributed by atoms with Gasteiger partial charge < -0.3 is 4.90 Å². The van der Waals surface area contributed by atoms with Crippen LogP contribution in [0.3, 0.4) is 0 Å². The Kier molecular flexibility index (Phi) is 5.75. The molecule has 1 saturated heterocycles. The van der Waals surface area contributed by atoms with Crippen molar-refractivity contribution in [2.24, 2.45) is 5.92 Å². The maximum absolute atomic E-state index is 13.8. The summed E-state index contributed by atoms with van der Waals surface area (Å²) in [6.45, 7) is 5.22. The molecule has 1 heterocycles. The number of benzene rings is 1. The number of carbonyl (C=O) groups is 1. The van der Waals surface area contributed by atoms with Crippen LogP contribution in [0, 0.1) is 11.7 Å². The lowest BCUT2D eigenvalue weighted by Crippen LogP contribution is -2.50. The fraction of sp³-hybridized carbons (Fsp3) is 0.562. The minimum atomic E-state index is -3.85. The van der Waals surface area contributed by atoms with E-state index >= 15 is 0 Å². The van der Waals surface area contributed by atoms with E-state index in [1.165, 1.54) is 22.5 Å². The highest BCUT2D eigenvalue weighted by atomic mass is 32.2. The average molecular weight is 342 g/mol. The van der Waals surface area contributed by atoms with Crippen molar-refractivity contribution in [1.29, 1.82) is 0 Å². The molecule has 1 aromatic carbocycles. The molecule has 0 aromatic heterocycles. The molecular formula is C16H23FN2O3S. The summed E-state index contributed by atoms with van der Waals surface area (Å²) in [5.74, 6) is -0.230. The zero-order valence-electron chi connectivity index (χ0n) is 13.5. The van der Waals surface area contributed by atoms with Gasteiger partial charge in [0.05, 0.1) is 0 Å². The van der Waals surface area contributed by atoms with Gasteiger partial charge in [-0.25, -0.2) is 12.8 Å². The topological polar surface area (TPSA) is 57.7 Å². The maximum Gasteiger partial charge on any atom is 0.246 e. The summed E-state index contributed by atoms with van der Waals surface area (Å²) in [4.78, 5) is 13.5. The van der Waals surface area contributed by atoms with Crippen LogP contribution >= 0.6 is 0 Å². The van der Waals surface area contributed by atoms with Gasteiger partial charge in [-0.2, -0.15) is 4.31 Å². The van der Waals surface area contributed by atoms with Crippen molar-refractivity contribution in [3.05, 3.63) is 30.1 Å². The number of sulfonamides is 1. The average Bonchev–Trinajstić information content (AvgIpc) is 2.53. The van der Waals surface area contributed by atoms with Gasteiger partial charge in [0, 0.05) is 32.6 Å². The molecule has 23 heavy (non-hydrogen) atoms. The van der Waals surface area contributed by atoms with Gasteiger partial charge in [0.15, 0.2) is 0 Å². The van der Waals surface area contributed by atoms with E-state index in [2.05, 4.69) is 13.8 Å². The first-order valence-corrected chi connectivity index (χ1v) is 9.29. The van der Waals surface area contributed by atoms with Gasteiger partial charge in [0.25, 0.3) is 0 Å². The molecule has 1 aliphatic heterocycles. The molecule has 0 atom stereocenters.